The molecule has 0 saturated heterocycles. The van der Waals surface area contributed by atoms with Gasteiger partial charge in [-0.05, 0) is 32.4 Å². The first-order chi connectivity index (χ1) is 8.98. The molecule has 0 aliphatic heterocycles. The topological polar surface area (TPSA) is 65.3 Å². The molecule has 2 N–H and O–H groups in total. The smallest absolute Gasteiger partial charge is 0.137 e. The molecule has 1 aromatic carbocycles. The molecule has 0 saturated carbocycles. The molecule has 0 fully saturated rings. The molecule has 0 bridgehead atoms. The lowest BCUT2D eigenvalue weighted by atomic mass is 10.0. The molecule has 1 atom stereocenters. The van der Waals surface area contributed by atoms with Crippen molar-refractivity contribution >= 4 is 0 Å². The monoisotopic (exact) mass is 262 g/mol. The molecule has 0 aliphatic rings. The molecular weight excluding hydrogens is 240 g/mol. The molecular formula is C15H22N2O2. The van der Waals surface area contributed by atoms with Gasteiger partial charge in [-0.15, -0.1) is 0 Å². The summed E-state index contributed by atoms with van der Waals surface area (Å²) in [6.45, 7) is 6.91. The van der Waals surface area contributed by atoms with Crippen LogP contribution in [0.1, 0.15) is 32.8 Å². The maximum absolute atomic E-state index is 9.86. The van der Waals surface area contributed by atoms with E-state index in [1.807, 2.05) is 0 Å². The van der Waals surface area contributed by atoms with Crippen LogP contribution in [0.3, 0.4) is 0 Å². The van der Waals surface area contributed by atoms with Crippen molar-refractivity contribution in [2.75, 3.05) is 13.2 Å². The number of ether oxygens (including phenoxy) is 1. The largest absolute Gasteiger partial charge is 0.489 e. The number of nitriles is 1. The molecule has 0 amide bonds. The fourth-order valence-electron chi connectivity index (χ4n) is 1.45. The summed E-state index contributed by atoms with van der Waals surface area (Å²) in [6, 6.07) is 9.08. The summed E-state index contributed by atoms with van der Waals surface area (Å²) in [5.74, 6) is 0.513. The van der Waals surface area contributed by atoms with Crippen molar-refractivity contribution < 1.29 is 9.84 Å². The van der Waals surface area contributed by atoms with Gasteiger partial charge in [-0.1, -0.05) is 19.1 Å². The van der Waals surface area contributed by atoms with Crippen molar-refractivity contribution in [2.45, 2.75) is 38.8 Å². The lowest BCUT2D eigenvalue weighted by Crippen LogP contribution is -2.44. The lowest BCUT2D eigenvalue weighted by molar-refractivity contribution is 0.0984. The normalized spacial score (nSPS) is 12.8. The Labute approximate surface area is 115 Å². The van der Waals surface area contributed by atoms with E-state index in [9.17, 15) is 5.11 Å². The first kappa shape index (κ1) is 15.5. The minimum Gasteiger partial charge on any atom is -0.489 e. The van der Waals surface area contributed by atoms with Crippen molar-refractivity contribution in [1.29, 1.82) is 5.26 Å². The summed E-state index contributed by atoms with van der Waals surface area (Å²) in [5, 5.41) is 22.1. The Bertz CT molecular complexity index is 438. The molecule has 0 unspecified atom stereocenters. The van der Waals surface area contributed by atoms with Crippen LogP contribution in [-0.4, -0.2) is 29.9 Å². The molecule has 1 rings (SSSR count). The van der Waals surface area contributed by atoms with Gasteiger partial charge in [0.05, 0.1) is 5.56 Å². The van der Waals surface area contributed by atoms with Crippen LogP contribution in [0.2, 0.25) is 0 Å². The maximum atomic E-state index is 9.86. The zero-order chi connectivity index (χ0) is 14.3. The number of β-amino-alcohol motifs (C(OH)–C–C–N with tert-alkyl or cyclic N) is 1. The van der Waals surface area contributed by atoms with Crippen molar-refractivity contribution in [3.05, 3.63) is 29.8 Å². The summed E-state index contributed by atoms with van der Waals surface area (Å²) in [6.07, 6.45) is 0.385. The third-order valence-corrected chi connectivity index (χ3v) is 3.14. The number of para-hydroxylation sites is 1. The van der Waals surface area contributed by atoms with Gasteiger partial charge in [0, 0.05) is 12.1 Å². The van der Waals surface area contributed by atoms with Crippen LogP contribution in [0, 0.1) is 11.3 Å². The highest BCUT2D eigenvalue weighted by Gasteiger charge is 2.16. The number of aliphatic hydroxyl groups is 1. The number of nitrogens with zero attached hydrogens (tertiary/aromatic N) is 1. The van der Waals surface area contributed by atoms with E-state index in [1.165, 1.54) is 0 Å². The predicted molar refractivity (Wildman–Crippen MR) is 75.0 cm³/mol. The minimum atomic E-state index is -0.599. The predicted octanol–water partition coefficient (Wildman–Crippen LogP) is 2.08. The summed E-state index contributed by atoms with van der Waals surface area (Å²) in [7, 11) is 0. The van der Waals surface area contributed by atoms with E-state index in [2.05, 4.69) is 32.2 Å². The van der Waals surface area contributed by atoms with E-state index < -0.39 is 6.10 Å². The maximum Gasteiger partial charge on any atom is 0.137 e. The van der Waals surface area contributed by atoms with Crippen LogP contribution in [0.15, 0.2) is 24.3 Å². The van der Waals surface area contributed by atoms with Gasteiger partial charge in [0.2, 0.25) is 0 Å². The van der Waals surface area contributed by atoms with E-state index in [0.717, 1.165) is 6.42 Å². The average molecular weight is 262 g/mol. The zero-order valence-electron chi connectivity index (χ0n) is 11.8. The Morgan fingerprint density at radius 3 is 2.74 bits per heavy atom. The standard InChI is InChI=1S/C15H22N2O2/c1-4-15(2,3)17-10-13(18)11-19-14-8-6-5-7-12(14)9-16/h5-8,13,17-18H,4,10-11H2,1-3H3/t13-/m1/s1. The van der Waals surface area contributed by atoms with E-state index >= 15 is 0 Å². The number of hydrogen-bond acceptors (Lipinski definition) is 4. The molecule has 0 aromatic heterocycles. The average Bonchev–Trinajstić information content (AvgIpc) is 2.43. The van der Waals surface area contributed by atoms with E-state index in [0.29, 0.717) is 17.9 Å². The van der Waals surface area contributed by atoms with Crippen LogP contribution in [0.4, 0.5) is 0 Å². The first-order valence-electron chi connectivity index (χ1n) is 6.53. The highest BCUT2D eigenvalue weighted by Crippen LogP contribution is 2.16. The van der Waals surface area contributed by atoms with Crippen LogP contribution >= 0.6 is 0 Å². The highest BCUT2D eigenvalue weighted by atomic mass is 16.5. The van der Waals surface area contributed by atoms with Crippen molar-refractivity contribution in [3.63, 3.8) is 0 Å². The van der Waals surface area contributed by atoms with E-state index in [1.54, 1.807) is 24.3 Å². The zero-order valence-corrected chi connectivity index (χ0v) is 11.8. The highest BCUT2D eigenvalue weighted by molar-refractivity contribution is 5.42. The Morgan fingerprint density at radius 2 is 2.11 bits per heavy atom. The second-order valence-corrected chi connectivity index (χ2v) is 5.19. The minimum absolute atomic E-state index is 0.00550. The van der Waals surface area contributed by atoms with E-state index in [-0.39, 0.29) is 12.1 Å². The number of rotatable bonds is 7. The SMILES string of the molecule is CCC(C)(C)NC[C@@H](O)COc1ccccc1C#N. The van der Waals surface area contributed by atoms with Gasteiger partial charge in [0.25, 0.3) is 0 Å². The molecule has 1 aromatic rings. The van der Waals surface area contributed by atoms with Gasteiger partial charge < -0.3 is 15.2 Å². The van der Waals surface area contributed by atoms with Crippen LogP contribution in [0.25, 0.3) is 0 Å². The van der Waals surface area contributed by atoms with Gasteiger partial charge >= 0.3 is 0 Å². The second kappa shape index (κ2) is 7.13. The van der Waals surface area contributed by atoms with Crippen molar-refractivity contribution in [2.24, 2.45) is 0 Å². The number of aliphatic hydroxyl groups excluding tert-OH is 1. The Morgan fingerprint density at radius 1 is 1.42 bits per heavy atom. The van der Waals surface area contributed by atoms with Crippen molar-refractivity contribution in [3.8, 4) is 11.8 Å². The summed E-state index contributed by atoms with van der Waals surface area (Å²) >= 11 is 0. The van der Waals surface area contributed by atoms with Crippen LogP contribution < -0.4 is 10.1 Å². The lowest BCUT2D eigenvalue weighted by Gasteiger charge is -2.26. The van der Waals surface area contributed by atoms with Crippen molar-refractivity contribution in [1.82, 2.24) is 5.32 Å². The van der Waals surface area contributed by atoms with Crippen LogP contribution in [0.5, 0.6) is 5.75 Å². The quantitative estimate of drug-likeness (QED) is 0.789. The first-order valence-corrected chi connectivity index (χ1v) is 6.53. The summed E-state index contributed by atoms with van der Waals surface area (Å²) in [5.41, 5.74) is 0.488. The third-order valence-electron chi connectivity index (χ3n) is 3.14. The van der Waals surface area contributed by atoms with Gasteiger partial charge in [0.1, 0.15) is 24.5 Å². The summed E-state index contributed by atoms with van der Waals surface area (Å²) in [4.78, 5) is 0. The molecule has 0 heterocycles. The summed E-state index contributed by atoms with van der Waals surface area (Å²) < 4.78 is 5.48. The molecule has 104 valence electrons. The number of hydrogen-bond donors (Lipinski definition) is 2. The third kappa shape index (κ3) is 5.29. The Kier molecular flexibility index (Phi) is 5.81. The fraction of sp³-hybridized carbons (Fsp3) is 0.533. The molecule has 4 heteroatoms. The van der Waals surface area contributed by atoms with Gasteiger partial charge in [0.15, 0.2) is 0 Å². The fourth-order valence-corrected chi connectivity index (χ4v) is 1.45. The molecule has 4 nitrogen and oxygen atoms in total. The second-order valence-electron chi connectivity index (χ2n) is 5.19. The molecule has 19 heavy (non-hydrogen) atoms. The molecule has 0 radical (unpaired) electrons. The Hall–Kier alpha value is -1.57. The molecule has 0 aliphatic carbocycles. The van der Waals surface area contributed by atoms with Gasteiger partial charge in [-0.2, -0.15) is 5.26 Å². The number of nitrogens with one attached hydrogen (secondary N) is 1. The van der Waals surface area contributed by atoms with Crippen LogP contribution in [-0.2, 0) is 0 Å². The molecule has 0 spiro atoms. The van der Waals surface area contributed by atoms with E-state index in [4.69, 9.17) is 10.00 Å². The Balaban J connectivity index is 2.42. The van der Waals surface area contributed by atoms with Gasteiger partial charge in [-0.3, -0.25) is 0 Å². The van der Waals surface area contributed by atoms with Gasteiger partial charge in [-0.25, -0.2) is 0 Å². The number of benzene rings is 1.